The molecule has 0 bridgehead atoms. The van der Waals surface area contributed by atoms with Crippen LogP contribution in [0.5, 0.6) is 0 Å². The summed E-state index contributed by atoms with van der Waals surface area (Å²) in [5, 5.41) is 7.54. The third kappa shape index (κ3) is 4.35. The predicted molar refractivity (Wildman–Crippen MR) is 91.7 cm³/mol. The van der Waals surface area contributed by atoms with E-state index in [1.807, 2.05) is 0 Å². The van der Waals surface area contributed by atoms with E-state index in [0.717, 1.165) is 38.8 Å². The van der Waals surface area contributed by atoms with Gasteiger partial charge in [0.1, 0.15) is 0 Å². The van der Waals surface area contributed by atoms with Gasteiger partial charge in [-0.15, -0.1) is 12.4 Å². The van der Waals surface area contributed by atoms with Gasteiger partial charge in [0.05, 0.1) is 19.3 Å². The molecular weight excluding hydrogens is 300 g/mol. The molecule has 2 N–H and O–H groups in total. The van der Waals surface area contributed by atoms with Gasteiger partial charge in [-0.3, -0.25) is 0 Å². The van der Waals surface area contributed by atoms with Crippen LogP contribution in [0.25, 0.3) is 0 Å². The second-order valence-electron chi connectivity index (χ2n) is 7.37. The normalized spacial score (nSPS) is 39.1. The highest BCUT2D eigenvalue weighted by Gasteiger charge is 2.36. The Kier molecular flexibility index (Phi) is 7.42. The largest absolute Gasteiger partial charge is 0.379 e. The summed E-state index contributed by atoms with van der Waals surface area (Å²) in [6.45, 7) is 9.41. The fourth-order valence-corrected chi connectivity index (χ4v) is 4.50. The molecule has 3 aliphatic rings. The van der Waals surface area contributed by atoms with Gasteiger partial charge in [-0.05, 0) is 37.0 Å². The van der Waals surface area contributed by atoms with E-state index in [1.165, 1.54) is 25.7 Å². The third-order valence-electron chi connectivity index (χ3n) is 5.60. The van der Waals surface area contributed by atoms with E-state index < -0.39 is 0 Å². The van der Waals surface area contributed by atoms with E-state index in [1.54, 1.807) is 0 Å². The Labute approximate surface area is 141 Å². The van der Waals surface area contributed by atoms with Gasteiger partial charge >= 0.3 is 0 Å². The van der Waals surface area contributed by atoms with Gasteiger partial charge in [-0.1, -0.05) is 20.3 Å². The van der Waals surface area contributed by atoms with Gasteiger partial charge in [0.15, 0.2) is 0 Å². The monoisotopic (exact) mass is 332 g/mol. The molecular formula is C17H33ClN2O2. The molecule has 1 aliphatic carbocycles. The molecule has 3 fully saturated rings. The molecule has 0 aromatic heterocycles. The lowest BCUT2D eigenvalue weighted by atomic mass is 9.91. The maximum atomic E-state index is 5.91. The Morgan fingerprint density at radius 2 is 2.05 bits per heavy atom. The molecule has 2 saturated heterocycles. The Hall–Kier alpha value is 0.130. The summed E-state index contributed by atoms with van der Waals surface area (Å²) in [6.07, 6.45) is 5.69. The zero-order valence-electron chi connectivity index (χ0n) is 14.1. The van der Waals surface area contributed by atoms with E-state index in [9.17, 15) is 0 Å². The molecule has 2 heterocycles. The minimum absolute atomic E-state index is 0. The molecule has 0 aromatic carbocycles. The standard InChI is InChI=1S/C17H32N2O2.ClH/c1-12(2)17-13(6-8-21-17)10-19-15-5-3-4-14(15)16-11-20-9-7-18-16;/h12-19H,3-11H2,1-2H3;1H. The first-order valence-corrected chi connectivity index (χ1v) is 8.92. The summed E-state index contributed by atoms with van der Waals surface area (Å²) < 4.78 is 11.6. The maximum absolute atomic E-state index is 5.91. The van der Waals surface area contributed by atoms with Crippen molar-refractivity contribution < 1.29 is 9.47 Å². The fourth-order valence-electron chi connectivity index (χ4n) is 4.50. The Morgan fingerprint density at radius 1 is 1.18 bits per heavy atom. The van der Waals surface area contributed by atoms with Crippen molar-refractivity contribution in [3.63, 3.8) is 0 Å². The number of rotatable bonds is 5. The van der Waals surface area contributed by atoms with Gasteiger partial charge in [0.25, 0.3) is 0 Å². The van der Waals surface area contributed by atoms with Crippen molar-refractivity contribution in [2.24, 2.45) is 17.8 Å². The van der Waals surface area contributed by atoms with Crippen molar-refractivity contribution in [2.45, 2.75) is 57.7 Å². The van der Waals surface area contributed by atoms with Crippen LogP contribution in [0.4, 0.5) is 0 Å². The van der Waals surface area contributed by atoms with Crippen LogP contribution < -0.4 is 10.6 Å². The van der Waals surface area contributed by atoms with Crippen LogP contribution in [-0.2, 0) is 9.47 Å². The predicted octanol–water partition coefficient (Wildman–Crippen LogP) is 2.22. The first-order chi connectivity index (χ1) is 10.3. The van der Waals surface area contributed by atoms with E-state index in [2.05, 4.69) is 24.5 Å². The molecule has 3 rings (SSSR count). The molecule has 130 valence electrons. The van der Waals surface area contributed by atoms with Crippen LogP contribution in [-0.4, -0.2) is 51.1 Å². The lowest BCUT2D eigenvalue weighted by molar-refractivity contribution is 0.0463. The summed E-state index contributed by atoms with van der Waals surface area (Å²) in [5.41, 5.74) is 0. The average molecular weight is 333 g/mol. The number of hydrogen-bond donors (Lipinski definition) is 2. The molecule has 0 amide bonds. The Bertz CT molecular complexity index is 324. The van der Waals surface area contributed by atoms with Gasteiger partial charge < -0.3 is 20.1 Å². The summed E-state index contributed by atoms with van der Waals surface area (Å²) in [5.74, 6) is 2.07. The highest BCUT2D eigenvalue weighted by atomic mass is 35.5. The lowest BCUT2D eigenvalue weighted by Gasteiger charge is -2.34. The highest BCUT2D eigenvalue weighted by molar-refractivity contribution is 5.85. The van der Waals surface area contributed by atoms with E-state index in [-0.39, 0.29) is 12.4 Å². The Balaban J connectivity index is 0.00000176. The van der Waals surface area contributed by atoms with Crippen molar-refractivity contribution in [1.82, 2.24) is 10.6 Å². The molecule has 0 aromatic rings. The molecule has 0 spiro atoms. The quantitative estimate of drug-likeness (QED) is 0.810. The van der Waals surface area contributed by atoms with Crippen LogP contribution in [0.2, 0.25) is 0 Å². The molecule has 5 atom stereocenters. The maximum Gasteiger partial charge on any atom is 0.0639 e. The molecule has 4 nitrogen and oxygen atoms in total. The molecule has 5 unspecified atom stereocenters. The zero-order chi connectivity index (χ0) is 14.7. The molecule has 2 aliphatic heterocycles. The minimum Gasteiger partial charge on any atom is -0.379 e. The highest BCUT2D eigenvalue weighted by Crippen LogP contribution is 2.31. The minimum atomic E-state index is 0. The van der Waals surface area contributed by atoms with Crippen molar-refractivity contribution in [2.75, 3.05) is 32.9 Å². The Morgan fingerprint density at radius 3 is 2.77 bits per heavy atom. The van der Waals surface area contributed by atoms with E-state index in [4.69, 9.17) is 9.47 Å². The second kappa shape index (κ2) is 8.84. The second-order valence-corrected chi connectivity index (χ2v) is 7.37. The summed E-state index contributed by atoms with van der Waals surface area (Å²) >= 11 is 0. The van der Waals surface area contributed by atoms with Crippen LogP contribution >= 0.6 is 12.4 Å². The topological polar surface area (TPSA) is 42.5 Å². The van der Waals surface area contributed by atoms with Crippen molar-refractivity contribution in [3.8, 4) is 0 Å². The van der Waals surface area contributed by atoms with Gasteiger partial charge in [0.2, 0.25) is 0 Å². The van der Waals surface area contributed by atoms with Crippen LogP contribution in [0.3, 0.4) is 0 Å². The summed E-state index contributed by atoms with van der Waals surface area (Å²) in [6, 6.07) is 1.22. The van der Waals surface area contributed by atoms with Gasteiger partial charge in [0, 0.05) is 31.8 Å². The summed E-state index contributed by atoms with van der Waals surface area (Å²) in [4.78, 5) is 0. The van der Waals surface area contributed by atoms with Gasteiger partial charge in [-0.25, -0.2) is 0 Å². The van der Waals surface area contributed by atoms with Crippen molar-refractivity contribution in [1.29, 1.82) is 0 Å². The fraction of sp³-hybridized carbons (Fsp3) is 1.00. The van der Waals surface area contributed by atoms with E-state index >= 15 is 0 Å². The summed E-state index contributed by atoms with van der Waals surface area (Å²) in [7, 11) is 0. The number of morpholine rings is 1. The average Bonchev–Trinajstić information content (AvgIpc) is 3.15. The van der Waals surface area contributed by atoms with Crippen LogP contribution in [0.15, 0.2) is 0 Å². The first-order valence-electron chi connectivity index (χ1n) is 8.92. The van der Waals surface area contributed by atoms with Crippen molar-refractivity contribution >= 4 is 12.4 Å². The van der Waals surface area contributed by atoms with Gasteiger partial charge in [-0.2, -0.15) is 0 Å². The van der Waals surface area contributed by atoms with Crippen LogP contribution in [0, 0.1) is 17.8 Å². The van der Waals surface area contributed by atoms with Crippen LogP contribution in [0.1, 0.15) is 39.5 Å². The molecule has 0 radical (unpaired) electrons. The third-order valence-corrected chi connectivity index (χ3v) is 5.60. The molecule has 5 heteroatoms. The first kappa shape index (κ1) is 18.5. The molecule has 1 saturated carbocycles. The van der Waals surface area contributed by atoms with E-state index in [0.29, 0.717) is 30.0 Å². The number of ether oxygens (including phenoxy) is 2. The zero-order valence-corrected chi connectivity index (χ0v) is 14.9. The number of hydrogen-bond acceptors (Lipinski definition) is 4. The lowest BCUT2D eigenvalue weighted by Crippen LogP contribution is -2.51. The number of nitrogens with one attached hydrogen (secondary N) is 2. The molecule has 22 heavy (non-hydrogen) atoms. The smallest absolute Gasteiger partial charge is 0.0639 e. The number of halogens is 1. The SMILES string of the molecule is CC(C)C1OCCC1CNC1CCCC1C1COCCN1.Cl. The van der Waals surface area contributed by atoms with Crippen molar-refractivity contribution in [3.05, 3.63) is 0 Å².